The maximum absolute atomic E-state index is 12.1. The first-order valence-corrected chi connectivity index (χ1v) is 8.64. The van der Waals surface area contributed by atoms with Gasteiger partial charge in [-0.3, -0.25) is 4.79 Å². The van der Waals surface area contributed by atoms with E-state index >= 15 is 0 Å². The summed E-state index contributed by atoms with van der Waals surface area (Å²) < 4.78 is 23.1. The molecule has 0 saturated heterocycles. The molecule has 0 bridgehead atoms. The summed E-state index contributed by atoms with van der Waals surface area (Å²) in [4.78, 5) is 12.2. The molecule has 1 aromatic carbocycles. The number of hydrogen-bond acceptors (Lipinski definition) is 3. The van der Waals surface area contributed by atoms with E-state index in [1.807, 2.05) is 20.8 Å². The SMILES string of the molecule is Cc1cc(S(N)(=O)=O)cc(C(C)C)c1NC(=O)C1CC1C. The number of rotatable bonds is 4. The molecule has 1 saturated carbocycles. The average molecular weight is 310 g/mol. The number of benzene rings is 1. The maximum atomic E-state index is 12.1. The highest BCUT2D eigenvalue weighted by molar-refractivity contribution is 7.89. The number of nitrogens with two attached hydrogens (primary N) is 1. The molecular weight excluding hydrogens is 288 g/mol. The number of aryl methyl sites for hydroxylation is 1. The van der Waals surface area contributed by atoms with E-state index in [1.54, 1.807) is 13.0 Å². The topological polar surface area (TPSA) is 89.3 Å². The molecule has 21 heavy (non-hydrogen) atoms. The highest BCUT2D eigenvalue weighted by Gasteiger charge is 2.39. The van der Waals surface area contributed by atoms with Crippen LogP contribution in [0.3, 0.4) is 0 Å². The summed E-state index contributed by atoms with van der Waals surface area (Å²) in [6.45, 7) is 7.74. The van der Waals surface area contributed by atoms with Crippen LogP contribution in [-0.2, 0) is 14.8 Å². The Kier molecular flexibility index (Phi) is 4.13. The molecule has 0 aliphatic heterocycles. The minimum Gasteiger partial charge on any atom is -0.325 e. The van der Waals surface area contributed by atoms with Crippen LogP contribution in [0.5, 0.6) is 0 Å². The first-order chi connectivity index (χ1) is 9.61. The number of carbonyl (C=O) groups excluding carboxylic acids is 1. The first-order valence-electron chi connectivity index (χ1n) is 7.09. The normalized spacial score (nSPS) is 21.4. The molecular formula is C15H22N2O3S. The molecule has 1 aliphatic carbocycles. The van der Waals surface area contributed by atoms with E-state index in [4.69, 9.17) is 5.14 Å². The molecule has 2 atom stereocenters. The van der Waals surface area contributed by atoms with Gasteiger partial charge in [-0.25, -0.2) is 13.6 Å². The third-order valence-corrected chi connectivity index (χ3v) is 4.88. The zero-order chi connectivity index (χ0) is 15.9. The van der Waals surface area contributed by atoms with Crippen LogP contribution in [0, 0.1) is 18.8 Å². The molecule has 0 heterocycles. The van der Waals surface area contributed by atoms with Gasteiger partial charge in [-0.1, -0.05) is 20.8 Å². The summed E-state index contributed by atoms with van der Waals surface area (Å²) >= 11 is 0. The Morgan fingerprint density at radius 1 is 1.38 bits per heavy atom. The van der Waals surface area contributed by atoms with Crippen LogP contribution in [0.1, 0.15) is 44.2 Å². The monoisotopic (exact) mass is 310 g/mol. The van der Waals surface area contributed by atoms with Crippen LogP contribution < -0.4 is 10.5 Å². The van der Waals surface area contributed by atoms with E-state index in [0.29, 0.717) is 17.2 Å². The van der Waals surface area contributed by atoms with Gasteiger partial charge < -0.3 is 5.32 Å². The number of nitrogens with one attached hydrogen (secondary N) is 1. The number of primary sulfonamides is 1. The van der Waals surface area contributed by atoms with Crippen molar-refractivity contribution in [3.8, 4) is 0 Å². The average Bonchev–Trinajstić information content (AvgIpc) is 3.07. The Balaban J connectivity index is 2.42. The molecule has 1 amide bonds. The smallest absolute Gasteiger partial charge is 0.238 e. The van der Waals surface area contributed by atoms with Crippen molar-refractivity contribution in [2.45, 2.75) is 44.9 Å². The molecule has 0 spiro atoms. The highest BCUT2D eigenvalue weighted by atomic mass is 32.2. The molecule has 3 N–H and O–H groups in total. The van der Waals surface area contributed by atoms with Crippen molar-refractivity contribution in [1.29, 1.82) is 0 Å². The van der Waals surface area contributed by atoms with E-state index in [9.17, 15) is 13.2 Å². The van der Waals surface area contributed by atoms with Gasteiger partial charge in [0.2, 0.25) is 15.9 Å². The summed E-state index contributed by atoms with van der Waals surface area (Å²) in [5.41, 5.74) is 2.22. The van der Waals surface area contributed by atoms with Gasteiger partial charge >= 0.3 is 0 Å². The van der Waals surface area contributed by atoms with Gasteiger partial charge in [-0.05, 0) is 48.4 Å². The number of amides is 1. The molecule has 0 radical (unpaired) electrons. The molecule has 116 valence electrons. The van der Waals surface area contributed by atoms with Gasteiger partial charge in [0.1, 0.15) is 0 Å². The lowest BCUT2D eigenvalue weighted by molar-refractivity contribution is -0.117. The third kappa shape index (κ3) is 3.44. The number of carbonyl (C=O) groups is 1. The van der Waals surface area contributed by atoms with Crippen molar-refractivity contribution in [1.82, 2.24) is 0 Å². The van der Waals surface area contributed by atoms with Gasteiger partial charge in [0.25, 0.3) is 0 Å². The quantitative estimate of drug-likeness (QED) is 0.894. The lowest BCUT2D eigenvalue weighted by Crippen LogP contribution is -2.18. The summed E-state index contributed by atoms with van der Waals surface area (Å²) in [6, 6.07) is 3.06. The first kappa shape index (κ1) is 16.0. The summed E-state index contributed by atoms with van der Waals surface area (Å²) in [6.07, 6.45) is 0.914. The second-order valence-electron chi connectivity index (χ2n) is 6.21. The highest BCUT2D eigenvalue weighted by Crippen LogP contribution is 2.39. The Hall–Kier alpha value is -1.40. The largest absolute Gasteiger partial charge is 0.325 e. The van der Waals surface area contributed by atoms with Crippen LogP contribution in [0.15, 0.2) is 17.0 Å². The molecule has 1 aromatic rings. The lowest BCUT2D eigenvalue weighted by Gasteiger charge is -2.18. The van der Waals surface area contributed by atoms with Gasteiger partial charge in [0, 0.05) is 11.6 Å². The number of sulfonamides is 1. The van der Waals surface area contributed by atoms with Crippen LogP contribution in [0.25, 0.3) is 0 Å². The standard InChI is InChI=1S/C15H22N2O3S/c1-8(2)12-7-11(21(16,19)20)5-10(4)14(12)17-15(18)13-6-9(13)3/h5,7-9,13H,6H2,1-4H3,(H,17,18)(H2,16,19,20). The van der Waals surface area contributed by atoms with Crippen molar-refractivity contribution in [3.63, 3.8) is 0 Å². The number of hydrogen-bond donors (Lipinski definition) is 2. The fourth-order valence-corrected chi connectivity index (χ4v) is 3.11. The van der Waals surface area contributed by atoms with Crippen molar-refractivity contribution in [3.05, 3.63) is 23.3 Å². The minimum atomic E-state index is -3.75. The fourth-order valence-electron chi connectivity index (χ4n) is 2.47. The predicted octanol–water partition coefficient (Wildman–Crippen LogP) is 2.36. The van der Waals surface area contributed by atoms with Crippen LogP contribution in [0.2, 0.25) is 0 Å². The summed E-state index contributed by atoms with van der Waals surface area (Å²) in [5, 5.41) is 8.16. The molecule has 1 aliphatic rings. The molecule has 1 fully saturated rings. The van der Waals surface area contributed by atoms with Gasteiger partial charge in [0.15, 0.2) is 0 Å². The van der Waals surface area contributed by atoms with E-state index in [2.05, 4.69) is 5.32 Å². The summed E-state index contributed by atoms with van der Waals surface area (Å²) in [5.74, 6) is 0.590. The van der Waals surface area contributed by atoms with Gasteiger partial charge in [-0.15, -0.1) is 0 Å². The van der Waals surface area contributed by atoms with Crippen molar-refractivity contribution in [2.75, 3.05) is 5.32 Å². The fraction of sp³-hybridized carbons (Fsp3) is 0.533. The van der Waals surface area contributed by atoms with Crippen molar-refractivity contribution >= 4 is 21.6 Å². The van der Waals surface area contributed by atoms with Gasteiger partial charge in [-0.2, -0.15) is 0 Å². The Bertz CT molecular complexity index is 680. The molecule has 5 nitrogen and oxygen atoms in total. The van der Waals surface area contributed by atoms with Crippen LogP contribution in [0.4, 0.5) is 5.69 Å². The Morgan fingerprint density at radius 3 is 2.38 bits per heavy atom. The van der Waals surface area contributed by atoms with E-state index < -0.39 is 10.0 Å². The van der Waals surface area contributed by atoms with E-state index in [-0.39, 0.29) is 22.6 Å². The molecule has 2 unspecified atom stereocenters. The Labute approximate surface area is 126 Å². The predicted molar refractivity (Wildman–Crippen MR) is 82.5 cm³/mol. The van der Waals surface area contributed by atoms with E-state index in [0.717, 1.165) is 12.0 Å². The minimum absolute atomic E-state index is 0.0101. The zero-order valence-electron chi connectivity index (χ0n) is 12.8. The maximum Gasteiger partial charge on any atom is 0.238 e. The second kappa shape index (κ2) is 5.42. The molecule has 6 heteroatoms. The Morgan fingerprint density at radius 2 is 1.95 bits per heavy atom. The number of anilines is 1. The second-order valence-corrected chi connectivity index (χ2v) is 7.77. The van der Waals surface area contributed by atoms with Crippen molar-refractivity contribution < 1.29 is 13.2 Å². The van der Waals surface area contributed by atoms with Crippen LogP contribution >= 0.6 is 0 Å². The van der Waals surface area contributed by atoms with Gasteiger partial charge in [0.05, 0.1) is 4.90 Å². The molecule has 0 aromatic heterocycles. The van der Waals surface area contributed by atoms with E-state index in [1.165, 1.54) is 6.07 Å². The summed E-state index contributed by atoms with van der Waals surface area (Å²) in [7, 11) is -3.75. The zero-order valence-corrected chi connectivity index (χ0v) is 13.6. The third-order valence-electron chi connectivity index (χ3n) is 3.98. The lowest BCUT2D eigenvalue weighted by atomic mass is 9.98. The molecule has 2 rings (SSSR count). The van der Waals surface area contributed by atoms with Crippen LogP contribution in [-0.4, -0.2) is 14.3 Å². The van der Waals surface area contributed by atoms with Crippen molar-refractivity contribution in [2.24, 2.45) is 17.0 Å².